The van der Waals surface area contributed by atoms with Crippen molar-refractivity contribution in [3.63, 3.8) is 0 Å². The molecule has 0 bridgehead atoms. The first-order chi connectivity index (χ1) is 10.5. The van der Waals surface area contributed by atoms with E-state index in [0.29, 0.717) is 39.6 Å². The third kappa shape index (κ3) is 3.01. The second-order valence-electron chi connectivity index (χ2n) is 4.62. The number of nitrogens with one attached hydrogen (secondary N) is 1. The zero-order valence-electron chi connectivity index (χ0n) is 12.5. The van der Waals surface area contributed by atoms with Crippen LogP contribution in [0.5, 0.6) is 5.88 Å². The van der Waals surface area contributed by atoms with Gasteiger partial charge in [-0.05, 0) is 25.8 Å². The van der Waals surface area contributed by atoms with Crippen LogP contribution in [0.4, 0.5) is 0 Å². The molecule has 2 heterocycles. The van der Waals surface area contributed by atoms with Crippen LogP contribution in [0.3, 0.4) is 0 Å². The maximum Gasteiger partial charge on any atom is 0.326 e. The van der Waals surface area contributed by atoms with Crippen molar-refractivity contribution in [2.24, 2.45) is 0 Å². The number of amides is 1. The number of hydrogen-bond donors (Lipinski definition) is 2. The maximum absolute atomic E-state index is 12.3. The fourth-order valence-corrected chi connectivity index (χ4v) is 3.11. The molecule has 0 fully saturated rings. The molecule has 0 aromatic carbocycles. The van der Waals surface area contributed by atoms with Crippen molar-refractivity contribution in [1.29, 1.82) is 0 Å². The molecule has 8 heteroatoms. The normalized spacial score (nSPS) is 12.1. The van der Waals surface area contributed by atoms with Gasteiger partial charge in [0.05, 0.1) is 16.9 Å². The van der Waals surface area contributed by atoms with Gasteiger partial charge in [0.1, 0.15) is 17.2 Å². The lowest BCUT2D eigenvalue weighted by Gasteiger charge is -2.11. The average molecular weight is 323 g/mol. The van der Waals surface area contributed by atoms with E-state index < -0.39 is 17.9 Å². The lowest BCUT2D eigenvalue weighted by atomic mass is 10.2. The van der Waals surface area contributed by atoms with Crippen molar-refractivity contribution in [2.45, 2.75) is 33.2 Å². The number of carboxylic acids is 1. The predicted molar refractivity (Wildman–Crippen MR) is 82.5 cm³/mol. The number of aromatic nitrogens is 2. The van der Waals surface area contributed by atoms with Crippen LogP contribution in [0.15, 0.2) is 6.33 Å². The molecule has 22 heavy (non-hydrogen) atoms. The molecule has 118 valence electrons. The molecular weight excluding hydrogens is 306 g/mol. The SMILES string of the molecule is CCOc1ncnc2sc(C(=O)NC(CC)C(=O)O)c(C)c12. The summed E-state index contributed by atoms with van der Waals surface area (Å²) in [5.74, 6) is -1.04. The number of carboxylic acid groups (broad SMARTS) is 1. The molecule has 2 aromatic heterocycles. The highest BCUT2D eigenvalue weighted by atomic mass is 32.1. The Hall–Kier alpha value is -2.22. The van der Waals surface area contributed by atoms with E-state index >= 15 is 0 Å². The number of ether oxygens (including phenoxy) is 1. The lowest BCUT2D eigenvalue weighted by molar-refractivity contribution is -0.139. The smallest absolute Gasteiger partial charge is 0.326 e. The summed E-state index contributed by atoms with van der Waals surface area (Å²) in [4.78, 5) is 32.7. The van der Waals surface area contributed by atoms with E-state index in [4.69, 9.17) is 9.84 Å². The van der Waals surface area contributed by atoms with Crippen LogP contribution >= 0.6 is 11.3 Å². The van der Waals surface area contributed by atoms with E-state index in [1.807, 2.05) is 6.92 Å². The van der Waals surface area contributed by atoms with Gasteiger partial charge in [-0.2, -0.15) is 0 Å². The van der Waals surface area contributed by atoms with Crippen LogP contribution in [-0.4, -0.2) is 39.6 Å². The molecule has 0 radical (unpaired) electrons. The van der Waals surface area contributed by atoms with Gasteiger partial charge < -0.3 is 15.2 Å². The summed E-state index contributed by atoms with van der Waals surface area (Å²) in [6.45, 7) is 5.79. The summed E-state index contributed by atoms with van der Waals surface area (Å²) in [5, 5.41) is 12.3. The van der Waals surface area contributed by atoms with Crippen molar-refractivity contribution in [3.8, 4) is 5.88 Å². The molecule has 7 nitrogen and oxygen atoms in total. The molecule has 0 aliphatic rings. The highest BCUT2D eigenvalue weighted by Gasteiger charge is 2.23. The Morgan fingerprint density at radius 3 is 2.73 bits per heavy atom. The second kappa shape index (κ2) is 6.69. The lowest BCUT2D eigenvalue weighted by Crippen LogP contribution is -2.40. The molecule has 2 rings (SSSR count). The number of carbonyl (C=O) groups is 2. The monoisotopic (exact) mass is 323 g/mol. The summed E-state index contributed by atoms with van der Waals surface area (Å²) in [7, 11) is 0. The van der Waals surface area contributed by atoms with E-state index in [-0.39, 0.29) is 0 Å². The zero-order valence-corrected chi connectivity index (χ0v) is 13.4. The van der Waals surface area contributed by atoms with Crippen LogP contribution in [0, 0.1) is 6.92 Å². The van der Waals surface area contributed by atoms with Gasteiger partial charge in [-0.1, -0.05) is 6.92 Å². The quantitative estimate of drug-likeness (QED) is 0.843. The number of fused-ring (bicyclic) bond motifs is 1. The fraction of sp³-hybridized carbons (Fsp3) is 0.429. The highest BCUT2D eigenvalue weighted by molar-refractivity contribution is 7.20. The van der Waals surface area contributed by atoms with Gasteiger partial charge in [-0.25, -0.2) is 14.8 Å². The molecule has 2 N–H and O–H groups in total. The molecule has 1 atom stereocenters. The third-order valence-corrected chi connectivity index (χ3v) is 4.39. The summed E-state index contributed by atoms with van der Waals surface area (Å²) in [6, 6.07) is -0.908. The predicted octanol–water partition coefficient (Wildman–Crippen LogP) is 1.99. The first-order valence-corrected chi connectivity index (χ1v) is 7.71. The summed E-state index contributed by atoms with van der Waals surface area (Å²) in [5.41, 5.74) is 0.696. The second-order valence-corrected chi connectivity index (χ2v) is 5.62. The van der Waals surface area contributed by atoms with Gasteiger partial charge in [-0.15, -0.1) is 11.3 Å². The van der Waals surface area contributed by atoms with Crippen molar-refractivity contribution < 1.29 is 19.4 Å². The van der Waals surface area contributed by atoms with E-state index in [0.717, 1.165) is 0 Å². The van der Waals surface area contributed by atoms with Crippen molar-refractivity contribution in [1.82, 2.24) is 15.3 Å². The first-order valence-electron chi connectivity index (χ1n) is 6.90. The largest absolute Gasteiger partial charge is 0.480 e. The topological polar surface area (TPSA) is 101 Å². The van der Waals surface area contributed by atoms with Crippen LogP contribution in [0.25, 0.3) is 10.2 Å². The van der Waals surface area contributed by atoms with Gasteiger partial charge in [0.25, 0.3) is 5.91 Å². The summed E-state index contributed by atoms with van der Waals surface area (Å²) in [6.07, 6.45) is 1.70. The Kier molecular flexibility index (Phi) is 4.92. The van der Waals surface area contributed by atoms with Gasteiger partial charge >= 0.3 is 5.97 Å². The number of rotatable bonds is 6. The number of thiophene rings is 1. The minimum atomic E-state index is -1.05. The van der Waals surface area contributed by atoms with E-state index in [9.17, 15) is 9.59 Å². The van der Waals surface area contributed by atoms with Crippen LogP contribution in [-0.2, 0) is 4.79 Å². The molecule has 1 unspecified atom stereocenters. The number of aliphatic carboxylic acids is 1. The van der Waals surface area contributed by atoms with Gasteiger partial charge in [-0.3, -0.25) is 4.79 Å². The minimum absolute atomic E-state index is 0.315. The number of aryl methyl sites for hydroxylation is 1. The number of nitrogens with zero attached hydrogens (tertiary/aromatic N) is 2. The van der Waals surface area contributed by atoms with Crippen molar-refractivity contribution in [3.05, 3.63) is 16.8 Å². The minimum Gasteiger partial charge on any atom is -0.480 e. The van der Waals surface area contributed by atoms with E-state index in [1.165, 1.54) is 17.7 Å². The summed E-state index contributed by atoms with van der Waals surface area (Å²) >= 11 is 1.20. The molecule has 0 saturated carbocycles. The van der Waals surface area contributed by atoms with Crippen molar-refractivity contribution in [2.75, 3.05) is 6.61 Å². The average Bonchev–Trinajstić information content (AvgIpc) is 2.83. The molecule has 0 saturated heterocycles. The van der Waals surface area contributed by atoms with Gasteiger partial charge in [0.2, 0.25) is 5.88 Å². The zero-order chi connectivity index (χ0) is 16.3. The highest BCUT2D eigenvalue weighted by Crippen LogP contribution is 2.34. The first kappa shape index (κ1) is 16.2. The molecule has 0 aliphatic carbocycles. The number of hydrogen-bond acceptors (Lipinski definition) is 6. The molecule has 1 amide bonds. The Bertz CT molecular complexity index is 713. The van der Waals surface area contributed by atoms with Gasteiger partial charge in [0.15, 0.2) is 0 Å². The third-order valence-electron chi connectivity index (χ3n) is 3.19. The van der Waals surface area contributed by atoms with Gasteiger partial charge in [0, 0.05) is 0 Å². The van der Waals surface area contributed by atoms with Crippen LogP contribution in [0.2, 0.25) is 0 Å². The van der Waals surface area contributed by atoms with Crippen LogP contribution in [0.1, 0.15) is 35.5 Å². The Morgan fingerprint density at radius 2 is 2.14 bits per heavy atom. The summed E-state index contributed by atoms with van der Waals surface area (Å²) < 4.78 is 5.46. The Balaban J connectivity index is 2.40. The Morgan fingerprint density at radius 1 is 1.41 bits per heavy atom. The molecule has 2 aromatic rings. The molecule has 0 aliphatic heterocycles. The molecule has 0 spiro atoms. The van der Waals surface area contributed by atoms with Crippen molar-refractivity contribution >= 4 is 33.4 Å². The Labute approximate surface area is 131 Å². The standard InChI is InChI=1S/C14H17N3O4S/c1-4-8(14(19)20)17-11(18)10-7(3)9-12(21-5-2)15-6-16-13(9)22-10/h6,8H,4-5H2,1-3H3,(H,17,18)(H,19,20). The maximum atomic E-state index is 12.3. The van der Waals surface area contributed by atoms with Crippen LogP contribution < -0.4 is 10.1 Å². The van der Waals surface area contributed by atoms with E-state index in [1.54, 1.807) is 13.8 Å². The van der Waals surface area contributed by atoms with E-state index in [2.05, 4.69) is 15.3 Å². The number of carbonyl (C=O) groups excluding carboxylic acids is 1. The fourth-order valence-electron chi connectivity index (χ4n) is 2.06. The molecular formula is C14H17N3O4S.